The summed E-state index contributed by atoms with van der Waals surface area (Å²) in [5.74, 6) is 1.04. The topological polar surface area (TPSA) is 58.2 Å². The fourth-order valence-electron chi connectivity index (χ4n) is 1.28. The molecule has 0 aromatic rings. The molecule has 1 saturated heterocycles. The molecule has 0 radical (unpaired) electrons. The Morgan fingerprint density at radius 3 is 2.71 bits per heavy atom. The minimum Gasteiger partial charge on any atom is -0.355 e. The molecule has 0 bridgehead atoms. The van der Waals surface area contributed by atoms with Gasteiger partial charge < -0.3 is 10.6 Å². The quantitative estimate of drug-likeness (QED) is 0.653. The molecule has 0 saturated carbocycles. The smallest absolute Gasteiger partial charge is 0.235 e. The molecular weight excluding hydrogens is 200 g/mol. The second-order valence-corrected chi connectivity index (χ2v) is 5.41. The molecule has 0 aromatic carbocycles. The summed E-state index contributed by atoms with van der Waals surface area (Å²) in [6.07, 6.45) is 0. The monoisotopic (exact) mass is 218 g/mol. The number of carbonyl (C=O) groups excluding carboxylic acids is 1. The maximum atomic E-state index is 11.7. The minimum absolute atomic E-state index is 0.0990. The second kappa shape index (κ2) is 5.46. The number of amides is 1. The molecular formula is C9H18N2O2S. The summed E-state index contributed by atoms with van der Waals surface area (Å²) in [6.45, 7) is 6.07. The van der Waals surface area contributed by atoms with Gasteiger partial charge in [-0.05, 0) is 19.8 Å². The second-order valence-electron chi connectivity index (χ2n) is 3.61. The van der Waals surface area contributed by atoms with Crippen molar-refractivity contribution in [3.8, 4) is 0 Å². The van der Waals surface area contributed by atoms with Crippen LogP contribution in [-0.4, -0.2) is 40.8 Å². The average molecular weight is 218 g/mol. The summed E-state index contributed by atoms with van der Waals surface area (Å²) in [7, 11) is -1.03. The van der Waals surface area contributed by atoms with Gasteiger partial charge in [0.05, 0.1) is 0 Å². The van der Waals surface area contributed by atoms with E-state index in [-0.39, 0.29) is 11.2 Å². The molecule has 0 aliphatic carbocycles. The van der Waals surface area contributed by atoms with Crippen LogP contribution in [0.3, 0.4) is 0 Å². The maximum Gasteiger partial charge on any atom is 0.235 e. The third-order valence-corrected chi connectivity index (χ3v) is 4.18. The first-order valence-electron chi connectivity index (χ1n) is 5.00. The molecule has 1 aliphatic rings. The van der Waals surface area contributed by atoms with E-state index in [9.17, 15) is 9.00 Å². The average Bonchev–Trinajstić information content (AvgIpc) is 2.10. The zero-order valence-corrected chi connectivity index (χ0v) is 9.52. The Kier molecular flexibility index (Phi) is 4.54. The molecule has 1 rings (SSSR count). The molecule has 1 amide bonds. The molecule has 2 N–H and O–H groups in total. The predicted octanol–water partition coefficient (Wildman–Crippen LogP) is -0.521. The molecule has 1 heterocycles. The van der Waals surface area contributed by atoms with Gasteiger partial charge in [-0.15, -0.1) is 0 Å². The van der Waals surface area contributed by atoms with Gasteiger partial charge >= 0.3 is 0 Å². The first-order chi connectivity index (χ1) is 6.65. The predicted molar refractivity (Wildman–Crippen MR) is 57.5 cm³/mol. The van der Waals surface area contributed by atoms with Crippen molar-refractivity contribution >= 4 is 16.7 Å². The largest absolute Gasteiger partial charge is 0.355 e. The molecule has 5 heteroatoms. The van der Waals surface area contributed by atoms with Crippen molar-refractivity contribution in [1.29, 1.82) is 0 Å². The molecule has 82 valence electrons. The van der Waals surface area contributed by atoms with E-state index < -0.39 is 10.8 Å². The van der Waals surface area contributed by atoms with Gasteiger partial charge in [0, 0.05) is 36.2 Å². The van der Waals surface area contributed by atoms with E-state index >= 15 is 0 Å². The zero-order chi connectivity index (χ0) is 10.6. The van der Waals surface area contributed by atoms with Gasteiger partial charge in [0.1, 0.15) is 5.25 Å². The Morgan fingerprint density at radius 1 is 1.64 bits per heavy atom. The molecule has 4 nitrogen and oxygen atoms in total. The molecule has 2 unspecified atom stereocenters. The van der Waals surface area contributed by atoms with Crippen LogP contribution >= 0.6 is 0 Å². The van der Waals surface area contributed by atoms with E-state index in [0.29, 0.717) is 18.2 Å². The molecule has 1 fully saturated rings. The van der Waals surface area contributed by atoms with Crippen LogP contribution in [0.5, 0.6) is 0 Å². The first-order valence-corrected chi connectivity index (χ1v) is 6.39. The van der Waals surface area contributed by atoms with Gasteiger partial charge in [0.15, 0.2) is 0 Å². The Labute approximate surface area is 87.3 Å². The van der Waals surface area contributed by atoms with Gasteiger partial charge in [-0.3, -0.25) is 9.00 Å². The number of hydrogen-bond donors (Lipinski definition) is 2. The van der Waals surface area contributed by atoms with E-state index in [4.69, 9.17) is 0 Å². The maximum absolute atomic E-state index is 11.7. The highest BCUT2D eigenvalue weighted by atomic mass is 32.2. The number of rotatable bonds is 5. The Morgan fingerprint density at radius 2 is 2.29 bits per heavy atom. The van der Waals surface area contributed by atoms with Crippen molar-refractivity contribution in [2.24, 2.45) is 5.92 Å². The highest BCUT2D eigenvalue weighted by Crippen LogP contribution is 2.08. The minimum atomic E-state index is -1.03. The SMILES string of the molecule is CCNC(=O)C(C)S(=O)CC1CNC1. The van der Waals surface area contributed by atoms with Crippen LogP contribution in [-0.2, 0) is 15.6 Å². The van der Waals surface area contributed by atoms with Crippen LogP contribution in [0.4, 0.5) is 0 Å². The van der Waals surface area contributed by atoms with Crippen molar-refractivity contribution in [2.45, 2.75) is 19.1 Å². The van der Waals surface area contributed by atoms with E-state index in [2.05, 4.69) is 10.6 Å². The normalized spacial score (nSPS) is 21.0. The lowest BCUT2D eigenvalue weighted by molar-refractivity contribution is -0.120. The van der Waals surface area contributed by atoms with E-state index in [1.807, 2.05) is 6.92 Å². The van der Waals surface area contributed by atoms with Crippen molar-refractivity contribution in [2.75, 3.05) is 25.4 Å². The third kappa shape index (κ3) is 3.06. The van der Waals surface area contributed by atoms with E-state index in [1.165, 1.54) is 0 Å². The first kappa shape index (κ1) is 11.7. The highest BCUT2D eigenvalue weighted by Gasteiger charge is 2.25. The lowest BCUT2D eigenvalue weighted by Gasteiger charge is -2.27. The van der Waals surface area contributed by atoms with Crippen LogP contribution in [0, 0.1) is 5.92 Å². The molecule has 14 heavy (non-hydrogen) atoms. The van der Waals surface area contributed by atoms with Gasteiger partial charge in [-0.1, -0.05) is 0 Å². The van der Waals surface area contributed by atoms with Crippen LogP contribution in [0.1, 0.15) is 13.8 Å². The van der Waals surface area contributed by atoms with Gasteiger partial charge in [0.25, 0.3) is 0 Å². The van der Waals surface area contributed by atoms with Crippen molar-refractivity contribution < 1.29 is 9.00 Å². The summed E-state index contributed by atoms with van der Waals surface area (Å²) in [5, 5.41) is 5.43. The van der Waals surface area contributed by atoms with Crippen molar-refractivity contribution in [3.63, 3.8) is 0 Å². The summed E-state index contributed by atoms with van der Waals surface area (Å²) >= 11 is 0. The fourth-order valence-corrected chi connectivity index (χ4v) is 2.59. The molecule has 2 atom stereocenters. The summed E-state index contributed by atoms with van der Waals surface area (Å²) in [4.78, 5) is 11.4. The molecule has 1 aliphatic heterocycles. The van der Waals surface area contributed by atoms with Crippen LogP contribution in [0.25, 0.3) is 0 Å². The number of hydrogen-bond acceptors (Lipinski definition) is 3. The third-order valence-electron chi connectivity index (χ3n) is 2.38. The van der Waals surface area contributed by atoms with Crippen LogP contribution in [0.2, 0.25) is 0 Å². The van der Waals surface area contributed by atoms with Crippen LogP contribution < -0.4 is 10.6 Å². The Bertz CT molecular complexity index is 229. The van der Waals surface area contributed by atoms with E-state index in [0.717, 1.165) is 13.1 Å². The van der Waals surface area contributed by atoms with Gasteiger partial charge in [-0.2, -0.15) is 0 Å². The molecule has 0 aromatic heterocycles. The van der Waals surface area contributed by atoms with Crippen molar-refractivity contribution in [3.05, 3.63) is 0 Å². The van der Waals surface area contributed by atoms with Crippen LogP contribution in [0.15, 0.2) is 0 Å². The van der Waals surface area contributed by atoms with Gasteiger partial charge in [0.2, 0.25) is 5.91 Å². The summed E-state index contributed by atoms with van der Waals surface area (Å²) in [5.41, 5.74) is 0. The molecule has 0 spiro atoms. The van der Waals surface area contributed by atoms with Gasteiger partial charge in [-0.25, -0.2) is 0 Å². The lowest BCUT2D eigenvalue weighted by atomic mass is 10.1. The fraction of sp³-hybridized carbons (Fsp3) is 0.889. The van der Waals surface area contributed by atoms with Crippen molar-refractivity contribution in [1.82, 2.24) is 10.6 Å². The summed E-state index contributed by atoms with van der Waals surface area (Å²) < 4.78 is 11.7. The standard InChI is InChI=1S/C9H18N2O2S/c1-3-11-9(12)7(2)14(13)6-8-4-10-5-8/h7-8,10H,3-6H2,1-2H3,(H,11,12). The zero-order valence-electron chi connectivity index (χ0n) is 8.71. The Balaban J connectivity index is 2.30. The number of carbonyl (C=O) groups is 1. The highest BCUT2D eigenvalue weighted by molar-refractivity contribution is 7.86. The van der Waals surface area contributed by atoms with E-state index in [1.54, 1.807) is 6.92 Å². The lowest BCUT2D eigenvalue weighted by Crippen LogP contribution is -2.46. The Hall–Kier alpha value is -0.420. The number of nitrogens with one attached hydrogen (secondary N) is 2. The summed E-state index contributed by atoms with van der Waals surface area (Å²) in [6, 6.07) is 0.